The van der Waals surface area contributed by atoms with Crippen molar-refractivity contribution in [3.8, 4) is 5.75 Å². The minimum absolute atomic E-state index is 0.0740. The van der Waals surface area contributed by atoms with Gasteiger partial charge in [-0.15, -0.1) is 10.2 Å². The molecule has 0 aliphatic rings. The third-order valence-corrected chi connectivity index (χ3v) is 4.41. The highest BCUT2D eigenvalue weighted by atomic mass is 32.2. The van der Waals surface area contributed by atoms with Crippen LogP contribution in [0.4, 0.5) is 5.82 Å². The second-order valence-corrected chi connectivity index (χ2v) is 6.35. The minimum Gasteiger partial charge on any atom is -0.496 e. The maximum atomic E-state index is 11.9. The number of aromatic nitrogens is 2. The number of hydrogen-bond acceptors (Lipinski definition) is 6. The third-order valence-electron chi connectivity index (χ3n) is 3.49. The Bertz CT molecular complexity index is 737. The van der Waals surface area contributed by atoms with Crippen molar-refractivity contribution in [2.75, 3.05) is 24.7 Å². The van der Waals surface area contributed by atoms with Gasteiger partial charge >= 0.3 is 0 Å². The summed E-state index contributed by atoms with van der Waals surface area (Å²) in [5.74, 6) is 1.29. The molecule has 1 heterocycles. The average molecular weight is 374 g/mol. The number of para-hydroxylation sites is 1. The van der Waals surface area contributed by atoms with Crippen LogP contribution < -0.4 is 15.4 Å². The van der Waals surface area contributed by atoms with Crippen molar-refractivity contribution in [3.63, 3.8) is 0 Å². The van der Waals surface area contributed by atoms with Crippen LogP contribution in [0.3, 0.4) is 0 Å². The van der Waals surface area contributed by atoms with Crippen molar-refractivity contribution in [2.45, 2.75) is 24.8 Å². The van der Waals surface area contributed by atoms with E-state index in [2.05, 4.69) is 20.8 Å². The van der Waals surface area contributed by atoms with Crippen molar-refractivity contribution in [1.29, 1.82) is 0 Å². The van der Waals surface area contributed by atoms with Crippen molar-refractivity contribution in [1.82, 2.24) is 15.5 Å². The Morgan fingerprint density at radius 1 is 1.12 bits per heavy atom. The first kappa shape index (κ1) is 19.7. The molecule has 0 aliphatic carbocycles. The molecule has 1 aromatic carbocycles. The van der Waals surface area contributed by atoms with Crippen LogP contribution in [0.2, 0.25) is 0 Å². The first-order chi connectivity index (χ1) is 12.6. The number of anilines is 1. The smallest absolute Gasteiger partial charge is 0.230 e. The Labute approximate surface area is 156 Å². The molecule has 138 valence electrons. The fourth-order valence-corrected chi connectivity index (χ4v) is 2.78. The molecule has 0 saturated carbocycles. The summed E-state index contributed by atoms with van der Waals surface area (Å²) in [4.78, 5) is 23.2. The summed E-state index contributed by atoms with van der Waals surface area (Å²) in [5, 5.41) is 14.0. The molecule has 2 amide bonds. The van der Waals surface area contributed by atoms with Gasteiger partial charge in [0.25, 0.3) is 0 Å². The van der Waals surface area contributed by atoms with Crippen molar-refractivity contribution in [2.24, 2.45) is 0 Å². The molecule has 7 nitrogen and oxygen atoms in total. The summed E-state index contributed by atoms with van der Waals surface area (Å²) in [6.07, 6.45) is 1.08. The van der Waals surface area contributed by atoms with E-state index in [4.69, 9.17) is 4.74 Å². The van der Waals surface area contributed by atoms with Gasteiger partial charge < -0.3 is 15.4 Å². The van der Waals surface area contributed by atoms with Crippen LogP contribution in [-0.4, -0.2) is 41.4 Å². The second kappa shape index (κ2) is 10.4. The van der Waals surface area contributed by atoms with Crippen LogP contribution in [0.25, 0.3) is 0 Å². The van der Waals surface area contributed by atoms with E-state index in [1.165, 1.54) is 11.8 Å². The summed E-state index contributed by atoms with van der Waals surface area (Å²) in [6.45, 7) is 2.30. The lowest BCUT2D eigenvalue weighted by Gasteiger charge is -2.09. The topological polar surface area (TPSA) is 93.2 Å². The Balaban J connectivity index is 1.72. The van der Waals surface area contributed by atoms with E-state index in [0.29, 0.717) is 30.2 Å². The summed E-state index contributed by atoms with van der Waals surface area (Å²) < 4.78 is 5.29. The highest BCUT2D eigenvalue weighted by molar-refractivity contribution is 7.99. The fraction of sp³-hybridized carbons (Fsp3) is 0.333. The van der Waals surface area contributed by atoms with Crippen LogP contribution >= 0.6 is 11.8 Å². The molecule has 0 bridgehead atoms. The number of nitrogens with one attached hydrogen (secondary N) is 2. The summed E-state index contributed by atoms with van der Waals surface area (Å²) in [6, 6.07) is 11.1. The lowest BCUT2D eigenvalue weighted by Crippen LogP contribution is -2.27. The molecule has 0 unspecified atom stereocenters. The molecule has 0 radical (unpaired) electrons. The van der Waals surface area contributed by atoms with Crippen LogP contribution in [0.15, 0.2) is 41.4 Å². The summed E-state index contributed by atoms with van der Waals surface area (Å²) in [7, 11) is 1.63. The largest absolute Gasteiger partial charge is 0.496 e. The lowest BCUT2D eigenvalue weighted by atomic mass is 10.1. The molecule has 1 aromatic heterocycles. The lowest BCUT2D eigenvalue weighted by molar-refractivity contribution is -0.118. The fourth-order valence-electron chi connectivity index (χ4n) is 2.13. The van der Waals surface area contributed by atoms with Gasteiger partial charge in [0.05, 0.1) is 12.9 Å². The molecule has 8 heteroatoms. The number of benzene rings is 1. The van der Waals surface area contributed by atoms with Gasteiger partial charge in [-0.1, -0.05) is 36.9 Å². The first-order valence-electron chi connectivity index (χ1n) is 8.27. The maximum absolute atomic E-state index is 11.9. The van der Waals surface area contributed by atoms with E-state index in [1.807, 2.05) is 24.3 Å². The van der Waals surface area contributed by atoms with Gasteiger partial charge in [-0.2, -0.15) is 0 Å². The molecule has 26 heavy (non-hydrogen) atoms. The third kappa shape index (κ3) is 6.36. The van der Waals surface area contributed by atoms with E-state index in [-0.39, 0.29) is 17.6 Å². The molecule has 0 saturated heterocycles. The highest BCUT2D eigenvalue weighted by Gasteiger charge is 2.07. The molecule has 0 aliphatic heterocycles. The quantitative estimate of drug-likeness (QED) is 0.654. The number of methoxy groups -OCH3 is 1. The number of carbonyl (C=O) groups is 2. The monoisotopic (exact) mass is 374 g/mol. The maximum Gasteiger partial charge on any atom is 0.230 e. The van der Waals surface area contributed by atoms with Crippen molar-refractivity contribution < 1.29 is 14.3 Å². The van der Waals surface area contributed by atoms with Crippen molar-refractivity contribution in [3.05, 3.63) is 42.0 Å². The van der Waals surface area contributed by atoms with E-state index in [0.717, 1.165) is 11.3 Å². The SMILES string of the molecule is CCC(=O)Nc1ccc(SCC(=O)NCCc2ccccc2OC)nn1. The molecular weight excluding hydrogens is 352 g/mol. The molecule has 0 spiro atoms. The van der Waals surface area contributed by atoms with Gasteiger partial charge in [-0.25, -0.2) is 0 Å². The number of hydrogen-bond donors (Lipinski definition) is 2. The van der Waals surface area contributed by atoms with Crippen molar-refractivity contribution >= 4 is 29.4 Å². The van der Waals surface area contributed by atoms with Crippen LogP contribution in [0.1, 0.15) is 18.9 Å². The van der Waals surface area contributed by atoms with Crippen LogP contribution in [-0.2, 0) is 16.0 Å². The Morgan fingerprint density at radius 3 is 2.62 bits per heavy atom. The highest BCUT2D eigenvalue weighted by Crippen LogP contribution is 2.17. The predicted octanol–water partition coefficient (Wildman–Crippen LogP) is 2.28. The zero-order valence-corrected chi connectivity index (χ0v) is 15.6. The van der Waals surface area contributed by atoms with Gasteiger partial charge in [0, 0.05) is 13.0 Å². The zero-order chi connectivity index (χ0) is 18.8. The van der Waals surface area contributed by atoms with E-state index >= 15 is 0 Å². The number of amides is 2. The molecule has 2 aromatic rings. The molecular formula is C18H22N4O3S. The van der Waals surface area contributed by atoms with Crippen LogP contribution in [0, 0.1) is 0 Å². The zero-order valence-electron chi connectivity index (χ0n) is 14.8. The summed E-state index contributed by atoms with van der Waals surface area (Å²) >= 11 is 1.29. The van der Waals surface area contributed by atoms with Gasteiger partial charge in [0.15, 0.2) is 5.82 Å². The molecule has 0 fully saturated rings. The van der Waals surface area contributed by atoms with Gasteiger partial charge in [0.2, 0.25) is 11.8 Å². The summed E-state index contributed by atoms with van der Waals surface area (Å²) in [5.41, 5.74) is 1.05. The predicted molar refractivity (Wildman–Crippen MR) is 101 cm³/mol. The normalized spacial score (nSPS) is 10.2. The number of nitrogens with zero attached hydrogens (tertiary/aromatic N) is 2. The van der Waals surface area contributed by atoms with E-state index in [9.17, 15) is 9.59 Å². The van der Waals surface area contributed by atoms with Crippen LogP contribution in [0.5, 0.6) is 5.75 Å². The number of thioether (sulfide) groups is 1. The van der Waals surface area contributed by atoms with E-state index in [1.54, 1.807) is 26.2 Å². The van der Waals surface area contributed by atoms with E-state index < -0.39 is 0 Å². The Hall–Kier alpha value is -2.61. The molecule has 2 rings (SSSR count). The first-order valence-corrected chi connectivity index (χ1v) is 9.26. The molecule has 2 N–H and O–H groups in total. The van der Waals surface area contributed by atoms with Gasteiger partial charge in [-0.3, -0.25) is 9.59 Å². The second-order valence-electron chi connectivity index (χ2n) is 5.36. The standard InChI is InChI=1S/C18H22N4O3S/c1-3-16(23)20-15-8-9-18(22-21-15)26-12-17(24)19-11-10-13-6-4-5-7-14(13)25-2/h4-9H,3,10-12H2,1-2H3,(H,19,24)(H,20,21,23). The van der Waals surface area contributed by atoms with Gasteiger partial charge in [0.1, 0.15) is 10.8 Å². The Morgan fingerprint density at radius 2 is 1.92 bits per heavy atom. The van der Waals surface area contributed by atoms with Gasteiger partial charge in [-0.05, 0) is 30.2 Å². The minimum atomic E-state index is -0.117. The number of ether oxygens (including phenoxy) is 1. The average Bonchev–Trinajstić information content (AvgIpc) is 2.67. The number of carbonyl (C=O) groups excluding carboxylic acids is 2. The Kier molecular flexibility index (Phi) is 7.88. The number of rotatable bonds is 9. The molecule has 0 atom stereocenters.